The molecule has 3 aromatic carbocycles. The third kappa shape index (κ3) is 4.57. The van der Waals surface area contributed by atoms with Gasteiger partial charge in [0.2, 0.25) is 12.7 Å². The quantitative estimate of drug-likeness (QED) is 0.634. The molecular formula is C26H26N2O3. The first kappa shape index (κ1) is 19.6. The Hall–Kier alpha value is -3.31. The van der Waals surface area contributed by atoms with Crippen LogP contribution in [0.3, 0.4) is 0 Å². The Kier molecular flexibility index (Phi) is 5.59. The lowest BCUT2D eigenvalue weighted by Gasteiger charge is -2.35. The van der Waals surface area contributed by atoms with E-state index in [4.69, 9.17) is 9.47 Å². The van der Waals surface area contributed by atoms with Gasteiger partial charge in [-0.1, -0.05) is 60.7 Å². The molecule has 0 aliphatic carbocycles. The molecule has 0 atom stereocenters. The van der Waals surface area contributed by atoms with Gasteiger partial charge in [-0.3, -0.25) is 9.69 Å². The zero-order chi connectivity index (χ0) is 21.0. The van der Waals surface area contributed by atoms with Gasteiger partial charge in [0.05, 0.1) is 6.42 Å². The second-order valence-corrected chi connectivity index (χ2v) is 8.08. The van der Waals surface area contributed by atoms with E-state index < -0.39 is 0 Å². The second-order valence-electron chi connectivity index (χ2n) is 8.08. The number of carbonyl (C=O) groups is 1. The molecule has 1 amide bonds. The minimum absolute atomic E-state index is 0.204. The molecular weight excluding hydrogens is 388 g/mol. The molecule has 158 valence electrons. The first-order valence-corrected chi connectivity index (χ1v) is 10.8. The van der Waals surface area contributed by atoms with E-state index in [1.807, 2.05) is 29.2 Å². The molecule has 2 heterocycles. The summed E-state index contributed by atoms with van der Waals surface area (Å²) in [6.45, 7) is 4.46. The van der Waals surface area contributed by atoms with Gasteiger partial charge in [0.25, 0.3) is 0 Å². The maximum absolute atomic E-state index is 12.8. The monoisotopic (exact) mass is 414 g/mol. The molecule has 2 aliphatic heterocycles. The summed E-state index contributed by atoms with van der Waals surface area (Å²) in [5, 5.41) is 0. The topological polar surface area (TPSA) is 42.0 Å². The van der Waals surface area contributed by atoms with Crippen LogP contribution in [-0.2, 0) is 17.8 Å². The van der Waals surface area contributed by atoms with E-state index in [0.29, 0.717) is 13.2 Å². The van der Waals surface area contributed by atoms with Crippen LogP contribution in [0.2, 0.25) is 0 Å². The highest BCUT2D eigenvalue weighted by atomic mass is 16.7. The number of benzene rings is 3. The molecule has 0 radical (unpaired) electrons. The highest BCUT2D eigenvalue weighted by molar-refractivity contribution is 5.79. The molecule has 5 rings (SSSR count). The Morgan fingerprint density at radius 3 is 2.19 bits per heavy atom. The lowest BCUT2D eigenvalue weighted by Crippen LogP contribution is -2.48. The van der Waals surface area contributed by atoms with Gasteiger partial charge in [-0.15, -0.1) is 0 Å². The summed E-state index contributed by atoms with van der Waals surface area (Å²) >= 11 is 0. The van der Waals surface area contributed by atoms with E-state index in [1.165, 1.54) is 16.7 Å². The van der Waals surface area contributed by atoms with Crippen molar-refractivity contribution in [1.29, 1.82) is 0 Å². The zero-order valence-corrected chi connectivity index (χ0v) is 17.5. The molecule has 0 bridgehead atoms. The molecule has 1 saturated heterocycles. The summed E-state index contributed by atoms with van der Waals surface area (Å²) in [5.74, 6) is 1.84. The van der Waals surface area contributed by atoms with E-state index in [1.54, 1.807) is 0 Å². The van der Waals surface area contributed by atoms with E-state index in [2.05, 4.69) is 53.4 Å². The number of rotatable bonds is 5. The molecule has 0 aromatic heterocycles. The Morgan fingerprint density at radius 1 is 0.742 bits per heavy atom. The number of hydrogen-bond donors (Lipinski definition) is 0. The van der Waals surface area contributed by atoms with Gasteiger partial charge >= 0.3 is 0 Å². The number of piperazine rings is 1. The first-order chi connectivity index (χ1) is 15.2. The van der Waals surface area contributed by atoms with Gasteiger partial charge in [0, 0.05) is 32.7 Å². The standard InChI is InChI=1S/C26H26N2O3/c29-26(17-20-6-9-23(10-7-20)22-4-2-1-3-5-22)28-14-12-27(13-15-28)18-21-8-11-24-25(16-21)31-19-30-24/h1-11,16H,12-15,17-19H2. The fraction of sp³-hybridized carbons (Fsp3) is 0.269. The van der Waals surface area contributed by atoms with Crippen molar-refractivity contribution >= 4 is 5.91 Å². The highest BCUT2D eigenvalue weighted by Crippen LogP contribution is 2.32. The smallest absolute Gasteiger partial charge is 0.231 e. The summed E-state index contributed by atoms with van der Waals surface area (Å²) in [6, 6.07) is 24.7. The Bertz CT molecular complexity index is 1040. The predicted molar refractivity (Wildman–Crippen MR) is 120 cm³/mol. The van der Waals surface area contributed by atoms with Crippen LogP contribution in [0.15, 0.2) is 72.8 Å². The van der Waals surface area contributed by atoms with Crippen LogP contribution >= 0.6 is 0 Å². The summed E-state index contributed by atoms with van der Waals surface area (Å²) < 4.78 is 10.9. The summed E-state index contributed by atoms with van der Waals surface area (Å²) in [4.78, 5) is 17.2. The minimum atomic E-state index is 0.204. The normalized spacial score (nSPS) is 15.8. The van der Waals surface area contributed by atoms with Crippen LogP contribution in [0, 0.1) is 0 Å². The summed E-state index contributed by atoms with van der Waals surface area (Å²) in [7, 11) is 0. The van der Waals surface area contributed by atoms with Gasteiger partial charge in [-0.05, 0) is 34.4 Å². The lowest BCUT2D eigenvalue weighted by atomic mass is 10.0. The average molecular weight is 415 g/mol. The van der Waals surface area contributed by atoms with E-state index >= 15 is 0 Å². The van der Waals surface area contributed by atoms with Crippen molar-refractivity contribution in [2.75, 3.05) is 33.0 Å². The zero-order valence-electron chi connectivity index (χ0n) is 17.5. The SMILES string of the molecule is O=C(Cc1ccc(-c2ccccc2)cc1)N1CCN(Cc2ccc3c(c2)OCO3)CC1. The molecule has 3 aromatic rings. The highest BCUT2D eigenvalue weighted by Gasteiger charge is 2.22. The molecule has 0 N–H and O–H groups in total. The molecule has 0 unspecified atom stereocenters. The van der Waals surface area contributed by atoms with Gasteiger partial charge in [0.15, 0.2) is 11.5 Å². The number of carbonyl (C=O) groups excluding carboxylic acids is 1. The van der Waals surface area contributed by atoms with Crippen molar-refractivity contribution in [2.45, 2.75) is 13.0 Å². The number of fused-ring (bicyclic) bond motifs is 1. The molecule has 31 heavy (non-hydrogen) atoms. The van der Waals surface area contributed by atoms with E-state index in [-0.39, 0.29) is 5.91 Å². The molecule has 5 heteroatoms. The van der Waals surface area contributed by atoms with Crippen molar-refractivity contribution in [1.82, 2.24) is 9.80 Å². The van der Waals surface area contributed by atoms with Crippen LogP contribution < -0.4 is 9.47 Å². The van der Waals surface area contributed by atoms with Crippen LogP contribution in [0.25, 0.3) is 11.1 Å². The third-order valence-electron chi connectivity index (χ3n) is 5.98. The maximum atomic E-state index is 12.8. The van der Waals surface area contributed by atoms with Crippen molar-refractivity contribution in [3.05, 3.63) is 83.9 Å². The third-order valence-corrected chi connectivity index (χ3v) is 5.98. The van der Waals surface area contributed by atoms with Gasteiger partial charge in [-0.2, -0.15) is 0 Å². The fourth-order valence-corrected chi connectivity index (χ4v) is 4.18. The van der Waals surface area contributed by atoms with E-state index in [9.17, 15) is 4.79 Å². The van der Waals surface area contributed by atoms with E-state index in [0.717, 1.165) is 49.8 Å². The van der Waals surface area contributed by atoms with Crippen molar-refractivity contribution in [3.63, 3.8) is 0 Å². The molecule has 1 fully saturated rings. The second kappa shape index (κ2) is 8.82. The molecule has 2 aliphatic rings. The lowest BCUT2D eigenvalue weighted by molar-refractivity contribution is -0.132. The average Bonchev–Trinajstić information content (AvgIpc) is 3.29. The van der Waals surface area contributed by atoms with Crippen molar-refractivity contribution in [2.24, 2.45) is 0 Å². The minimum Gasteiger partial charge on any atom is -0.454 e. The van der Waals surface area contributed by atoms with Crippen LogP contribution in [0.4, 0.5) is 0 Å². The van der Waals surface area contributed by atoms with Crippen LogP contribution in [-0.4, -0.2) is 48.7 Å². The first-order valence-electron chi connectivity index (χ1n) is 10.8. The van der Waals surface area contributed by atoms with Crippen molar-refractivity contribution < 1.29 is 14.3 Å². The largest absolute Gasteiger partial charge is 0.454 e. The summed E-state index contributed by atoms with van der Waals surface area (Å²) in [5.41, 5.74) is 4.64. The Morgan fingerprint density at radius 2 is 1.42 bits per heavy atom. The van der Waals surface area contributed by atoms with Crippen molar-refractivity contribution in [3.8, 4) is 22.6 Å². The van der Waals surface area contributed by atoms with Crippen LogP contribution in [0.1, 0.15) is 11.1 Å². The number of amides is 1. The molecule has 0 spiro atoms. The van der Waals surface area contributed by atoms with Gasteiger partial charge < -0.3 is 14.4 Å². The maximum Gasteiger partial charge on any atom is 0.231 e. The number of ether oxygens (including phenoxy) is 2. The fourth-order valence-electron chi connectivity index (χ4n) is 4.18. The summed E-state index contributed by atoms with van der Waals surface area (Å²) in [6.07, 6.45) is 0.456. The Balaban J connectivity index is 1.12. The number of nitrogens with zero attached hydrogens (tertiary/aromatic N) is 2. The number of hydrogen-bond acceptors (Lipinski definition) is 4. The molecule has 0 saturated carbocycles. The van der Waals surface area contributed by atoms with Crippen LogP contribution in [0.5, 0.6) is 11.5 Å². The molecule has 5 nitrogen and oxygen atoms in total. The Labute approximate surface area is 182 Å². The van der Waals surface area contributed by atoms with Gasteiger partial charge in [-0.25, -0.2) is 0 Å². The van der Waals surface area contributed by atoms with Gasteiger partial charge in [0.1, 0.15) is 0 Å². The predicted octanol–water partition coefficient (Wildman–Crippen LogP) is 3.97.